The Bertz CT molecular complexity index is 912. The second-order valence-electron chi connectivity index (χ2n) is 7.37. The number of halogens is 2. The molecule has 0 aliphatic carbocycles. The van der Waals surface area contributed by atoms with E-state index in [-0.39, 0.29) is 18.4 Å². The maximum Gasteiger partial charge on any atom is 0.254 e. The summed E-state index contributed by atoms with van der Waals surface area (Å²) in [4.78, 5) is 35.0. The van der Waals surface area contributed by atoms with Crippen molar-refractivity contribution in [3.05, 3.63) is 44.4 Å². The first kappa shape index (κ1) is 23.9. The van der Waals surface area contributed by atoms with Crippen LogP contribution in [0.1, 0.15) is 27.3 Å². The minimum atomic E-state index is -0.284. The lowest BCUT2D eigenvalue weighted by Gasteiger charge is -2.28. The number of nitrogens with one attached hydrogen (secondary N) is 1. The first-order valence-corrected chi connectivity index (χ1v) is 11.7. The standard InChI is InChI=1S/C21H26Cl2N4O3S/c1-14-15(2)31-21(24-14)25-19(28)13-27(7-3-6-26-8-10-30-11-9-26)20(29)16-4-5-17(22)18(23)12-16/h4-5,12H,3,6-11,13H2,1-2H3,(H,24,25,28). The maximum absolute atomic E-state index is 13.1. The van der Waals surface area contributed by atoms with E-state index in [1.54, 1.807) is 17.0 Å². The molecule has 2 aromatic rings. The molecule has 1 fully saturated rings. The molecule has 1 aromatic heterocycles. The van der Waals surface area contributed by atoms with Crippen molar-refractivity contribution in [1.29, 1.82) is 0 Å². The van der Waals surface area contributed by atoms with Gasteiger partial charge in [0.2, 0.25) is 5.91 Å². The van der Waals surface area contributed by atoms with Crippen LogP contribution in [0.25, 0.3) is 0 Å². The molecule has 31 heavy (non-hydrogen) atoms. The van der Waals surface area contributed by atoms with E-state index in [0.717, 1.165) is 49.8 Å². The molecule has 1 aromatic carbocycles. The highest BCUT2D eigenvalue weighted by Crippen LogP contribution is 2.24. The second-order valence-corrected chi connectivity index (χ2v) is 9.39. The first-order valence-electron chi connectivity index (χ1n) is 10.1. The molecule has 168 valence electrons. The summed E-state index contributed by atoms with van der Waals surface area (Å²) >= 11 is 13.5. The zero-order valence-electron chi connectivity index (χ0n) is 17.6. The molecule has 1 saturated heterocycles. The highest BCUT2D eigenvalue weighted by molar-refractivity contribution is 7.15. The van der Waals surface area contributed by atoms with Crippen molar-refractivity contribution in [3.63, 3.8) is 0 Å². The number of hydrogen-bond acceptors (Lipinski definition) is 6. The van der Waals surface area contributed by atoms with Crippen molar-refractivity contribution in [3.8, 4) is 0 Å². The number of aromatic nitrogens is 1. The van der Waals surface area contributed by atoms with E-state index < -0.39 is 0 Å². The summed E-state index contributed by atoms with van der Waals surface area (Å²) in [7, 11) is 0. The molecule has 1 aliphatic heterocycles. The third-order valence-corrected chi connectivity index (χ3v) is 6.80. The normalized spacial score (nSPS) is 14.5. The summed E-state index contributed by atoms with van der Waals surface area (Å²) < 4.78 is 5.38. The summed E-state index contributed by atoms with van der Waals surface area (Å²) in [5.74, 6) is -0.546. The Morgan fingerprint density at radius 3 is 2.61 bits per heavy atom. The van der Waals surface area contributed by atoms with Crippen LogP contribution in [0, 0.1) is 13.8 Å². The highest BCUT2D eigenvalue weighted by Gasteiger charge is 2.21. The number of anilines is 1. The summed E-state index contributed by atoms with van der Waals surface area (Å²) in [5.41, 5.74) is 1.28. The highest BCUT2D eigenvalue weighted by atomic mass is 35.5. The average Bonchev–Trinajstić information content (AvgIpc) is 3.06. The predicted molar refractivity (Wildman–Crippen MR) is 124 cm³/mol. The van der Waals surface area contributed by atoms with Gasteiger partial charge >= 0.3 is 0 Å². The minimum Gasteiger partial charge on any atom is -0.379 e. The first-order chi connectivity index (χ1) is 14.8. The molecular formula is C21H26Cl2N4O3S. The molecule has 1 N–H and O–H groups in total. The SMILES string of the molecule is Cc1nc(NC(=O)CN(CCCN2CCOCC2)C(=O)c2ccc(Cl)c(Cl)c2)sc1C. The lowest BCUT2D eigenvalue weighted by molar-refractivity contribution is -0.116. The summed E-state index contributed by atoms with van der Waals surface area (Å²) in [5, 5.41) is 4.02. The molecule has 7 nitrogen and oxygen atoms in total. The van der Waals surface area contributed by atoms with Crippen molar-refractivity contribution in [2.75, 3.05) is 51.3 Å². The topological polar surface area (TPSA) is 74.8 Å². The van der Waals surface area contributed by atoms with Crippen LogP contribution in [0.15, 0.2) is 18.2 Å². The molecule has 10 heteroatoms. The zero-order chi connectivity index (χ0) is 22.4. The van der Waals surface area contributed by atoms with Crippen molar-refractivity contribution in [2.45, 2.75) is 20.3 Å². The number of thiazole rings is 1. The number of morpholine rings is 1. The molecule has 1 aliphatic rings. The smallest absolute Gasteiger partial charge is 0.254 e. The van der Waals surface area contributed by atoms with Crippen LogP contribution in [0.5, 0.6) is 0 Å². The largest absolute Gasteiger partial charge is 0.379 e. The number of amides is 2. The second kappa shape index (κ2) is 11.2. The molecule has 0 bridgehead atoms. The lowest BCUT2D eigenvalue weighted by Crippen LogP contribution is -2.41. The quantitative estimate of drug-likeness (QED) is 0.615. The molecule has 0 radical (unpaired) electrons. The Hall–Kier alpha value is -1.71. The maximum atomic E-state index is 13.1. The Morgan fingerprint density at radius 1 is 1.23 bits per heavy atom. The van der Waals surface area contributed by atoms with Gasteiger partial charge in [0.1, 0.15) is 6.54 Å². The summed E-state index contributed by atoms with van der Waals surface area (Å²) in [6, 6.07) is 4.74. The fraction of sp³-hybridized carbons (Fsp3) is 0.476. The van der Waals surface area contributed by atoms with Crippen molar-refractivity contribution in [1.82, 2.24) is 14.8 Å². The Kier molecular flexibility index (Phi) is 8.68. The van der Waals surface area contributed by atoms with Gasteiger partial charge in [-0.25, -0.2) is 4.98 Å². The van der Waals surface area contributed by atoms with Gasteiger partial charge in [-0.1, -0.05) is 23.2 Å². The molecule has 0 spiro atoms. The van der Waals surface area contributed by atoms with Crippen LogP contribution in [-0.4, -0.2) is 72.5 Å². The minimum absolute atomic E-state index is 0.0696. The molecule has 0 unspecified atom stereocenters. The number of hydrogen-bond donors (Lipinski definition) is 1. The fourth-order valence-electron chi connectivity index (χ4n) is 3.23. The van der Waals surface area contributed by atoms with Crippen molar-refractivity contribution < 1.29 is 14.3 Å². The van der Waals surface area contributed by atoms with Crippen molar-refractivity contribution in [2.24, 2.45) is 0 Å². The predicted octanol–water partition coefficient (Wildman–Crippen LogP) is 3.87. The van der Waals surface area contributed by atoms with E-state index in [0.29, 0.717) is 27.3 Å². The number of rotatable bonds is 8. The third-order valence-electron chi connectivity index (χ3n) is 5.07. The number of aryl methyl sites for hydroxylation is 2. The van der Waals surface area contributed by atoms with E-state index in [1.807, 2.05) is 13.8 Å². The van der Waals surface area contributed by atoms with Crippen LogP contribution < -0.4 is 5.32 Å². The number of ether oxygens (including phenoxy) is 1. The van der Waals surface area contributed by atoms with Gasteiger partial charge in [-0.3, -0.25) is 14.5 Å². The number of carbonyl (C=O) groups excluding carboxylic acids is 2. The Morgan fingerprint density at radius 2 is 1.97 bits per heavy atom. The van der Waals surface area contributed by atoms with Gasteiger partial charge in [0.15, 0.2) is 5.13 Å². The van der Waals surface area contributed by atoms with Crippen LogP contribution in [0.4, 0.5) is 5.13 Å². The van der Waals surface area contributed by atoms with Gasteiger partial charge in [-0.05, 0) is 38.5 Å². The van der Waals surface area contributed by atoms with Gasteiger partial charge < -0.3 is 15.0 Å². The number of benzene rings is 1. The number of nitrogens with zero attached hydrogens (tertiary/aromatic N) is 3. The van der Waals surface area contributed by atoms with E-state index in [9.17, 15) is 9.59 Å². The molecular weight excluding hydrogens is 459 g/mol. The Balaban J connectivity index is 1.66. The lowest BCUT2D eigenvalue weighted by atomic mass is 10.2. The van der Waals surface area contributed by atoms with Gasteiger partial charge in [-0.15, -0.1) is 11.3 Å². The van der Waals surface area contributed by atoms with E-state index >= 15 is 0 Å². The third kappa shape index (κ3) is 6.89. The van der Waals surface area contributed by atoms with Gasteiger partial charge in [0.25, 0.3) is 5.91 Å². The van der Waals surface area contributed by atoms with Gasteiger partial charge in [0, 0.05) is 36.6 Å². The van der Waals surface area contributed by atoms with Crippen LogP contribution in [0.2, 0.25) is 10.0 Å². The van der Waals surface area contributed by atoms with Crippen LogP contribution in [0.3, 0.4) is 0 Å². The van der Waals surface area contributed by atoms with E-state index in [1.165, 1.54) is 17.4 Å². The molecule has 2 heterocycles. The molecule has 3 rings (SSSR count). The van der Waals surface area contributed by atoms with E-state index in [2.05, 4.69) is 15.2 Å². The van der Waals surface area contributed by atoms with Gasteiger partial charge in [0.05, 0.1) is 29.0 Å². The zero-order valence-corrected chi connectivity index (χ0v) is 19.9. The van der Waals surface area contributed by atoms with E-state index in [4.69, 9.17) is 27.9 Å². The van der Waals surface area contributed by atoms with Gasteiger partial charge in [-0.2, -0.15) is 0 Å². The average molecular weight is 485 g/mol. The number of carbonyl (C=O) groups is 2. The fourth-order valence-corrected chi connectivity index (χ4v) is 4.36. The molecule has 0 saturated carbocycles. The monoisotopic (exact) mass is 484 g/mol. The molecule has 2 amide bonds. The van der Waals surface area contributed by atoms with Crippen molar-refractivity contribution >= 4 is 51.5 Å². The Labute approximate surface area is 196 Å². The molecule has 0 atom stereocenters. The summed E-state index contributed by atoms with van der Waals surface area (Å²) in [6.45, 7) is 8.26. The van der Waals surface area contributed by atoms with Crippen LogP contribution >= 0.6 is 34.5 Å². The summed E-state index contributed by atoms with van der Waals surface area (Å²) in [6.07, 6.45) is 0.746. The van der Waals surface area contributed by atoms with Crippen LogP contribution in [-0.2, 0) is 9.53 Å².